The number of non-ortho nitro benzene ring substituents is 1. The van der Waals surface area contributed by atoms with Crippen LogP contribution in [-0.2, 0) is 0 Å². The van der Waals surface area contributed by atoms with Crippen LogP contribution < -0.4 is 5.32 Å². The number of rotatable bonds is 7. The van der Waals surface area contributed by atoms with Crippen LogP contribution in [0.2, 0.25) is 0 Å². The lowest BCUT2D eigenvalue weighted by Crippen LogP contribution is -2.20. The van der Waals surface area contributed by atoms with Gasteiger partial charge >= 0.3 is 5.97 Å². The molecule has 0 spiro atoms. The van der Waals surface area contributed by atoms with Crippen LogP contribution in [0.15, 0.2) is 18.2 Å². The third-order valence-corrected chi connectivity index (χ3v) is 2.59. The molecule has 0 bridgehead atoms. The summed E-state index contributed by atoms with van der Waals surface area (Å²) in [5.74, 6) is -1.18. The molecule has 0 heterocycles. The summed E-state index contributed by atoms with van der Waals surface area (Å²) in [6.45, 7) is 2.06. The first kappa shape index (κ1) is 14.9. The maximum Gasteiger partial charge on any atom is 0.337 e. The van der Waals surface area contributed by atoms with Gasteiger partial charge in [0.25, 0.3) is 5.69 Å². The molecule has 1 unspecified atom stereocenters. The highest BCUT2D eigenvalue weighted by Gasteiger charge is 2.15. The molecule has 7 nitrogen and oxygen atoms in total. The summed E-state index contributed by atoms with van der Waals surface area (Å²) >= 11 is 0. The first-order chi connectivity index (χ1) is 8.95. The molecule has 0 aliphatic carbocycles. The summed E-state index contributed by atoms with van der Waals surface area (Å²) in [6.07, 6.45) is 0.749. The number of nitrogens with zero attached hydrogens (tertiary/aromatic N) is 1. The van der Waals surface area contributed by atoms with E-state index in [0.717, 1.165) is 18.6 Å². The number of nitro groups is 1. The average molecular weight is 268 g/mol. The predicted octanol–water partition coefficient (Wildman–Crippen LogP) is 1.87. The molecule has 0 aliphatic heterocycles. The smallest absolute Gasteiger partial charge is 0.337 e. The number of nitro benzene ring substituents is 1. The van der Waals surface area contributed by atoms with Gasteiger partial charge in [-0.25, -0.2) is 4.79 Å². The van der Waals surface area contributed by atoms with E-state index in [0.29, 0.717) is 6.42 Å². The standard InChI is InChI=1S/C12H16N2O5/c1-2-3-9(15)7-13-11-6-8(14(18)19)4-5-10(11)12(16)17/h4-6,9,13,15H,2-3,7H2,1H3,(H,16,17). The first-order valence-corrected chi connectivity index (χ1v) is 5.89. The summed E-state index contributed by atoms with van der Waals surface area (Å²) < 4.78 is 0. The number of carboxylic acids is 1. The van der Waals surface area contributed by atoms with Gasteiger partial charge in [0.05, 0.1) is 22.3 Å². The number of aromatic carboxylic acids is 1. The predicted molar refractivity (Wildman–Crippen MR) is 69.5 cm³/mol. The Morgan fingerprint density at radius 2 is 2.21 bits per heavy atom. The van der Waals surface area contributed by atoms with Crippen molar-refractivity contribution in [1.82, 2.24) is 0 Å². The summed E-state index contributed by atoms with van der Waals surface area (Å²) in [5.41, 5.74) is -0.122. The zero-order valence-corrected chi connectivity index (χ0v) is 10.5. The first-order valence-electron chi connectivity index (χ1n) is 5.89. The molecule has 0 saturated heterocycles. The van der Waals surface area contributed by atoms with Crippen molar-refractivity contribution in [2.45, 2.75) is 25.9 Å². The maximum atomic E-state index is 11.0. The Labute approximate surface area is 110 Å². The maximum absolute atomic E-state index is 11.0. The lowest BCUT2D eigenvalue weighted by molar-refractivity contribution is -0.384. The minimum atomic E-state index is -1.18. The van der Waals surface area contributed by atoms with Gasteiger partial charge in [-0.2, -0.15) is 0 Å². The van der Waals surface area contributed by atoms with E-state index < -0.39 is 17.0 Å². The molecule has 0 radical (unpaired) electrons. The number of hydrogen-bond donors (Lipinski definition) is 3. The Balaban J connectivity index is 2.91. The fraction of sp³-hybridized carbons (Fsp3) is 0.417. The van der Waals surface area contributed by atoms with Crippen LogP contribution in [0.1, 0.15) is 30.1 Å². The Morgan fingerprint density at radius 1 is 1.53 bits per heavy atom. The molecule has 3 N–H and O–H groups in total. The van der Waals surface area contributed by atoms with Crippen molar-refractivity contribution in [3.8, 4) is 0 Å². The number of nitrogens with one attached hydrogen (secondary N) is 1. The molecular formula is C12H16N2O5. The highest BCUT2D eigenvalue weighted by atomic mass is 16.6. The largest absolute Gasteiger partial charge is 0.478 e. The van der Waals surface area contributed by atoms with Crippen molar-refractivity contribution in [2.24, 2.45) is 0 Å². The van der Waals surface area contributed by atoms with Gasteiger partial charge in [0.1, 0.15) is 0 Å². The average Bonchev–Trinajstić information content (AvgIpc) is 2.36. The van der Waals surface area contributed by atoms with Crippen LogP contribution in [0.4, 0.5) is 11.4 Å². The normalized spacial score (nSPS) is 11.9. The molecule has 19 heavy (non-hydrogen) atoms. The van der Waals surface area contributed by atoms with E-state index in [4.69, 9.17) is 5.11 Å². The molecule has 0 aliphatic rings. The third-order valence-electron chi connectivity index (χ3n) is 2.59. The van der Waals surface area contributed by atoms with Crippen molar-refractivity contribution in [2.75, 3.05) is 11.9 Å². The second-order valence-corrected chi connectivity index (χ2v) is 4.12. The van der Waals surface area contributed by atoms with E-state index in [1.165, 1.54) is 6.07 Å². The van der Waals surface area contributed by atoms with Crippen LogP contribution in [0.5, 0.6) is 0 Å². The van der Waals surface area contributed by atoms with E-state index in [1.807, 2.05) is 6.92 Å². The Morgan fingerprint density at radius 3 is 2.74 bits per heavy atom. The molecule has 0 aromatic heterocycles. The van der Waals surface area contributed by atoms with Crippen LogP contribution in [0.25, 0.3) is 0 Å². The quantitative estimate of drug-likeness (QED) is 0.514. The lowest BCUT2D eigenvalue weighted by atomic mass is 10.1. The zero-order chi connectivity index (χ0) is 14.4. The number of benzene rings is 1. The summed E-state index contributed by atoms with van der Waals surface area (Å²) in [5, 5.41) is 32.0. The molecule has 1 aromatic carbocycles. The zero-order valence-electron chi connectivity index (χ0n) is 10.5. The van der Waals surface area contributed by atoms with Crippen LogP contribution >= 0.6 is 0 Å². The van der Waals surface area contributed by atoms with E-state index >= 15 is 0 Å². The molecule has 0 saturated carbocycles. The van der Waals surface area contributed by atoms with E-state index in [1.54, 1.807) is 0 Å². The SMILES string of the molecule is CCCC(O)CNc1cc([N+](=O)[O-])ccc1C(=O)O. The highest BCUT2D eigenvalue weighted by Crippen LogP contribution is 2.22. The minimum Gasteiger partial charge on any atom is -0.478 e. The van der Waals surface area contributed by atoms with Crippen molar-refractivity contribution in [3.63, 3.8) is 0 Å². The van der Waals surface area contributed by atoms with Crippen molar-refractivity contribution >= 4 is 17.3 Å². The Hall–Kier alpha value is -2.15. The van der Waals surface area contributed by atoms with Gasteiger partial charge in [0.2, 0.25) is 0 Å². The van der Waals surface area contributed by atoms with Gasteiger partial charge in [-0.3, -0.25) is 10.1 Å². The number of carbonyl (C=O) groups is 1. The number of carboxylic acid groups (broad SMARTS) is 1. The fourth-order valence-corrected chi connectivity index (χ4v) is 1.64. The van der Waals surface area contributed by atoms with Gasteiger partial charge in [-0.15, -0.1) is 0 Å². The van der Waals surface area contributed by atoms with Crippen molar-refractivity contribution in [1.29, 1.82) is 0 Å². The molecule has 1 aromatic rings. The van der Waals surface area contributed by atoms with E-state index in [9.17, 15) is 20.0 Å². The van der Waals surface area contributed by atoms with Gasteiger partial charge in [-0.1, -0.05) is 13.3 Å². The van der Waals surface area contributed by atoms with Gasteiger partial charge in [0, 0.05) is 18.7 Å². The molecular weight excluding hydrogens is 252 g/mol. The second kappa shape index (κ2) is 6.69. The number of hydrogen-bond acceptors (Lipinski definition) is 5. The summed E-state index contributed by atoms with van der Waals surface area (Å²) in [4.78, 5) is 21.1. The third kappa shape index (κ3) is 4.22. The molecule has 104 valence electrons. The summed E-state index contributed by atoms with van der Waals surface area (Å²) in [7, 11) is 0. The van der Waals surface area contributed by atoms with Crippen LogP contribution in [0.3, 0.4) is 0 Å². The molecule has 0 fully saturated rings. The summed E-state index contributed by atoms with van der Waals surface area (Å²) in [6, 6.07) is 3.47. The fourth-order valence-electron chi connectivity index (χ4n) is 1.64. The number of anilines is 1. The highest BCUT2D eigenvalue weighted by molar-refractivity contribution is 5.94. The van der Waals surface area contributed by atoms with Crippen molar-refractivity contribution in [3.05, 3.63) is 33.9 Å². The topological polar surface area (TPSA) is 113 Å². The lowest BCUT2D eigenvalue weighted by Gasteiger charge is -2.13. The Kier molecular flexibility index (Phi) is 5.25. The van der Waals surface area contributed by atoms with Gasteiger partial charge < -0.3 is 15.5 Å². The van der Waals surface area contributed by atoms with Gasteiger partial charge in [0.15, 0.2) is 0 Å². The van der Waals surface area contributed by atoms with E-state index in [-0.39, 0.29) is 23.5 Å². The molecule has 1 rings (SSSR count). The number of aliphatic hydroxyl groups is 1. The molecule has 0 amide bonds. The van der Waals surface area contributed by atoms with Crippen molar-refractivity contribution < 1.29 is 19.9 Å². The van der Waals surface area contributed by atoms with Crippen LogP contribution in [-0.4, -0.2) is 33.8 Å². The molecule has 1 atom stereocenters. The Bertz CT molecular complexity index is 475. The minimum absolute atomic E-state index is 0.0608. The molecule has 7 heteroatoms. The van der Waals surface area contributed by atoms with E-state index in [2.05, 4.69) is 5.32 Å². The second-order valence-electron chi connectivity index (χ2n) is 4.12. The monoisotopic (exact) mass is 268 g/mol. The van der Waals surface area contributed by atoms with Crippen LogP contribution in [0, 0.1) is 10.1 Å². The number of aliphatic hydroxyl groups excluding tert-OH is 1. The van der Waals surface area contributed by atoms with Gasteiger partial charge in [-0.05, 0) is 12.5 Å².